The van der Waals surface area contributed by atoms with Gasteiger partial charge in [-0.05, 0) is 82.9 Å². The first-order chi connectivity index (χ1) is 18.2. The maximum absolute atomic E-state index is 13.6. The molecule has 1 atom stereocenters. The van der Waals surface area contributed by atoms with Crippen molar-refractivity contribution in [3.63, 3.8) is 0 Å². The summed E-state index contributed by atoms with van der Waals surface area (Å²) in [6, 6.07) is 6.00. The van der Waals surface area contributed by atoms with E-state index in [4.69, 9.17) is 9.72 Å². The summed E-state index contributed by atoms with van der Waals surface area (Å²) in [6.45, 7) is 11.5. The van der Waals surface area contributed by atoms with Gasteiger partial charge in [0.05, 0.1) is 0 Å². The van der Waals surface area contributed by atoms with E-state index in [0.717, 1.165) is 37.1 Å². The minimum atomic E-state index is -0.646. The van der Waals surface area contributed by atoms with E-state index >= 15 is 0 Å². The first-order valence-corrected chi connectivity index (χ1v) is 13.7. The van der Waals surface area contributed by atoms with Gasteiger partial charge in [-0.25, -0.2) is 14.2 Å². The molecule has 0 bridgehead atoms. The van der Waals surface area contributed by atoms with Crippen LogP contribution in [-0.2, 0) is 14.9 Å². The molecular weight excluding hydrogens is 499 g/mol. The number of amides is 2. The molecule has 0 radical (unpaired) electrons. The third kappa shape index (κ3) is 7.16. The Hall–Kier alpha value is -3.43. The Labute approximate surface area is 230 Å². The van der Waals surface area contributed by atoms with E-state index in [2.05, 4.69) is 34.8 Å². The van der Waals surface area contributed by atoms with E-state index in [1.165, 1.54) is 17.0 Å². The van der Waals surface area contributed by atoms with Crippen LogP contribution in [0.25, 0.3) is 0 Å². The van der Waals surface area contributed by atoms with E-state index in [9.17, 15) is 14.0 Å². The molecule has 1 aromatic heterocycles. The maximum atomic E-state index is 13.6. The van der Waals surface area contributed by atoms with Crippen LogP contribution in [0.2, 0.25) is 0 Å². The lowest BCUT2D eigenvalue weighted by atomic mass is 9.62. The molecule has 2 aromatic rings. The molecule has 2 aliphatic rings. The SMILES string of the molecule is C[C@@H](C(=O)N[C@H]1C[C@@H](C(C)(C)c2cnc(Nc3cccc(F)c3)nc2NC2CC2)C1)N(C)C(=O)OC(C)(C)C. The largest absolute Gasteiger partial charge is 0.444 e. The molecule has 4 rings (SSSR count). The number of carbonyl (C=O) groups is 2. The van der Waals surface area contributed by atoms with Crippen molar-refractivity contribution in [1.82, 2.24) is 20.2 Å². The monoisotopic (exact) mass is 540 g/mol. The highest BCUT2D eigenvalue weighted by atomic mass is 19.1. The smallest absolute Gasteiger partial charge is 0.410 e. The van der Waals surface area contributed by atoms with Gasteiger partial charge >= 0.3 is 6.09 Å². The highest BCUT2D eigenvalue weighted by Crippen LogP contribution is 2.46. The van der Waals surface area contributed by atoms with Crippen LogP contribution >= 0.6 is 0 Å². The number of aromatic nitrogens is 2. The Morgan fingerprint density at radius 2 is 1.82 bits per heavy atom. The van der Waals surface area contributed by atoms with Gasteiger partial charge < -0.3 is 20.7 Å². The number of nitrogens with one attached hydrogen (secondary N) is 3. The second-order valence-electron chi connectivity index (χ2n) is 12.4. The number of hydrogen-bond donors (Lipinski definition) is 3. The Morgan fingerprint density at radius 3 is 2.44 bits per heavy atom. The summed E-state index contributed by atoms with van der Waals surface area (Å²) >= 11 is 0. The average Bonchev–Trinajstić information content (AvgIpc) is 3.62. The third-order valence-corrected chi connectivity index (χ3v) is 7.63. The molecule has 0 saturated heterocycles. The quantitative estimate of drug-likeness (QED) is 0.393. The number of ether oxygens (including phenoxy) is 1. The zero-order valence-corrected chi connectivity index (χ0v) is 24.0. The molecule has 9 nitrogen and oxygen atoms in total. The predicted molar refractivity (Wildman–Crippen MR) is 149 cm³/mol. The van der Waals surface area contributed by atoms with Crippen LogP contribution in [0.3, 0.4) is 0 Å². The fraction of sp³-hybridized carbons (Fsp3) is 0.586. The van der Waals surface area contributed by atoms with Crippen LogP contribution in [0.5, 0.6) is 0 Å². The second kappa shape index (κ2) is 11.0. The molecule has 1 aromatic carbocycles. The Kier molecular flexibility index (Phi) is 8.04. The molecule has 10 heteroatoms. The highest BCUT2D eigenvalue weighted by Gasteiger charge is 2.44. The van der Waals surface area contributed by atoms with Crippen molar-refractivity contribution in [2.45, 2.75) is 96.4 Å². The van der Waals surface area contributed by atoms with Gasteiger partial charge in [-0.15, -0.1) is 0 Å². The summed E-state index contributed by atoms with van der Waals surface area (Å²) in [4.78, 5) is 35.8. The molecule has 2 amide bonds. The van der Waals surface area contributed by atoms with Crippen molar-refractivity contribution in [3.8, 4) is 0 Å². The lowest BCUT2D eigenvalue weighted by molar-refractivity contribution is -0.127. The zero-order chi connectivity index (χ0) is 28.5. The normalized spacial score (nSPS) is 19.9. The number of rotatable bonds is 9. The number of anilines is 3. The van der Waals surface area contributed by atoms with Crippen molar-refractivity contribution in [3.05, 3.63) is 41.8 Å². The first kappa shape index (κ1) is 28.6. The zero-order valence-electron chi connectivity index (χ0n) is 24.0. The third-order valence-electron chi connectivity index (χ3n) is 7.63. The van der Waals surface area contributed by atoms with Gasteiger partial charge in [-0.3, -0.25) is 9.69 Å². The summed E-state index contributed by atoms with van der Waals surface area (Å²) in [6.07, 6.45) is 5.15. The number of halogens is 1. The van der Waals surface area contributed by atoms with Crippen LogP contribution in [0.1, 0.15) is 72.8 Å². The van der Waals surface area contributed by atoms with E-state index in [-0.39, 0.29) is 23.2 Å². The van der Waals surface area contributed by atoms with Crippen LogP contribution in [0, 0.1) is 11.7 Å². The molecular formula is C29H41FN6O3. The van der Waals surface area contributed by atoms with E-state index in [1.807, 2.05) is 6.20 Å². The molecule has 212 valence electrons. The molecule has 0 spiro atoms. The van der Waals surface area contributed by atoms with Crippen LogP contribution in [0.15, 0.2) is 30.5 Å². The van der Waals surface area contributed by atoms with E-state index in [1.54, 1.807) is 46.9 Å². The minimum absolute atomic E-state index is 0.0333. The van der Waals surface area contributed by atoms with Gasteiger partial charge in [0.25, 0.3) is 0 Å². The first-order valence-electron chi connectivity index (χ1n) is 13.7. The minimum Gasteiger partial charge on any atom is -0.444 e. The summed E-state index contributed by atoms with van der Waals surface area (Å²) in [5.74, 6) is 0.983. The van der Waals surface area contributed by atoms with Gasteiger partial charge in [0, 0.05) is 36.6 Å². The molecule has 2 fully saturated rings. The molecule has 0 unspecified atom stereocenters. The van der Waals surface area contributed by atoms with Gasteiger partial charge in [-0.1, -0.05) is 19.9 Å². The van der Waals surface area contributed by atoms with Crippen molar-refractivity contribution >= 4 is 29.5 Å². The van der Waals surface area contributed by atoms with Crippen LogP contribution in [-0.4, -0.2) is 57.6 Å². The Bertz CT molecular complexity index is 1200. The lowest BCUT2D eigenvalue weighted by Crippen LogP contribution is -2.55. The fourth-order valence-corrected chi connectivity index (χ4v) is 4.67. The van der Waals surface area contributed by atoms with Crippen molar-refractivity contribution in [1.29, 1.82) is 0 Å². The highest BCUT2D eigenvalue weighted by molar-refractivity contribution is 5.85. The van der Waals surface area contributed by atoms with E-state index < -0.39 is 17.7 Å². The van der Waals surface area contributed by atoms with Crippen LogP contribution in [0.4, 0.5) is 26.6 Å². The Balaban J connectivity index is 1.39. The molecule has 0 aliphatic heterocycles. The van der Waals surface area contributed by atoms with Crippen molar-refractivity contribution in [2.75, 3.05) is 17.7 Å². The molecule has 39 heavy (non-hydrogen) atoms. The van der Waals surface area contributed by atoms with E-state index in [0.29, 0.717) is 23.6 Å². The molecule has 3 N–H and O–H groups in total. The second-order valence-corrected chi connectivity index (χ2v) is 12.4. The van der Waals surface area contributed by atoms with Gasteiger partial charge in [0.15, 0.2) is 0 Å². The van der Waals surface area contributed by atoms with Gasteiger partial charge in [0.2, 0.25) is 11.9 Å². The average molecular weight is 541 g/mol. The lowest BCUT2D eigenvalue weighted by Gasteiger charge is -2.46. The maximum Gasteiger partial charge on any atom is 0.410 e. The molecule has 2 saturated carbocycles. The number of carbonyl (C=O) groups excluding carboxylic acids is 2. The Morgan fingerprint density at radius 1 is 1.13 bits per heavy atom. The summed E-state index contributed by atoms with van der Waals surface area (Å²) < 4.78 is 19.0. The number of hydrogen-bond acceptors (Lipinski definition) is 7. The molecule has 1 heterocycles. The summed E-state index contributed by atoms with van der Waals surface area (Å²) in [5.41, 5.74) is 0.740. The van der Waals surface area contributed by atoms with Crippen molar-refractivity contribution in [2.24, 2.45) is 5.92 Å². The summed E-state index contributed by atoms with van der Waals surface area (Å²) in [7, 11) is 1.58. The number of benzene rings is 1. The predicted octanol–water partition coefficient (Wildman–Crippen LogP) is 5.36. The number of nitrogens with zero attached hydrogens (tertiary/aromatic N) is 3. The number of likely N-dealkylation sites (N-methyl/N-ethyl adjacent to an activating group) is 1. The van der Waals surface area contributed by atoms with Gasteiger partial charge in [0.1, 0.15) is 23.3 Å². The fourth-order valence-electron chi connectivity index (χ4n) is 4.67. The topological polar surface area (TPSA) is 108 Å². The van der Waals surface area contributed by atoms with Crippen LogP contribution < -0.4 is 16.0 Å². The standard InChI is InChI=1S/C29H41FN6O3/c1-17(36(7)27(38)39-28(2,3)4)25(37)33-22-13-18(14-22)29(5,6)23-16-31-26(35-24(23)32-20-11-12-20)34-21-10-8-9-19(30)15-21/h8-10,15-18,20,22H,11-14H2,1-7H3,(H,33,37)(H2,31,32,34,35)/t17-,18-,22+/m0/s1. The van der Waals surface area contributed by atoms with Gasteiger partial charge in [-0.2, -0.15) is 4.98 Å². The van der Waals surface area contributed by atoms with Crippen molar-refractivity contribution < 1.29 is 18.7 Å². The summed E-state index contributed by atoms with van der Waals surface area (Å²) in [5, 5.41) is 9.73. The molecule has 2 aliphatic carbocycles.